The van der Waals surface area contributed by atoms with E-state index in [1.807, 2.05) is 53.2 Å². The molecule has 5 rings (SSSR count). The number of fused-ring (bicyclic) bond motifs is 1. The van der Waals surface area contributed by atoms with Crippen LogP contribution >= 0.6 is 45.9 Å². The largest absolute Gasteiger partial charge is 0.438 e. The molecule has 0 radical (unpaired) electrons. The topological polar surface area (TPSA) is 51.3 Å². The molecule has 0 atom stereocenters. The number of rotatable bonds is 3. The molecule has 0 spiro atoms. The first-order valence-corrected chi connectivity index (χ1v) is 11.1. The molecule has 142 valence electrons. The lowest BCUT2D eigenvalue weighted by molar-refractivity contribution is 0.547. The lowest BCUT2D eigenvalue weighted by atomic mass is 10.1. The second-order valence-corrected chi connectivity index (χ2v) is 8.72. The van der Waals surface area contributed by atoms with Crippen molar-refractivity contribution in [2.75, 3.05) is 0 Å². The van der Waals surface area contributed by atoms with Gasteiger partial charge in [-0.3, -0.25) is 0 Å². The highest BCUT2D eigenvalue weighted by Gasteiger charge is 2.13. The van der Waals surface area contributed by atoms with E-state index in [0.29, 0.717) is 26.3 Å². The molecule has 2 aromatic carbocycles. The SMILES string of the molecule is Clc1ccc(-c2csc(-c3cc4cc(Cl)ccc4o/c3=N\c3nccs3)n2)cc1. The zero-order valence-electron chi connectivity index (χ0n) is 14.7. The van der Waals surface area contributed by atoms with Crippen LogP contribution in [-0.2, 0) is 0 Å². The van der Waals surface area contributed by atoms with E-state index in [-0.39, 0.29) is 0 Å². The van der Waals surface area contributed by atoms with E-state index in [9.17, 15) is 0 Å². The van der Waals surface area contributed by atoms with Crippen molar-refractivity contribution in [3.05, 3.63) is 81.1 Å². The summed E-state index contributed by atoms with van der Waals surface area (Å²) < 4.78 is 6.10. The zero-order valence-corrected chi connectivity index (χ0v) is 17.8. The fourth-order valence-electron chi connectivity index (χ4n) is 2.85. The highest BCUT2D eigenvalue weighted by atomic mass is 35.5. The maximum absolute atomic E-state index is 6.17. The molecule has 0 fully saturated rings. The van der Waals surface area contributed by atoms with Crippen LogP contribution in [0.1, 0.15) is 0 Å². The van der Waals surface area contributed by atoms with Gasteiger partial charge in [0, 0.05) is 38.0 Å². The predicted octanol–water partition coefficient (Wildman–Crippen LogP) is 7.22. The first-order valence-electron chi connectivity index (χ1n) is 8.55. The lowest BCUT2D eigenvalue weighted by Gasteiger charge is -2.03. The molecule has 0 bridgehead atoms. The van der Waals surface area contributed by atoms with E-state index in [4.69, 9.17) is 32.6 Å². The molecule has 5 aromatic rings. The van der Waals surface area contributed by atoms with Gasteiger partial charge in [0.15, 0.2) is 0 Å². The van der Waals surface area contributed by atoms with E-state index in [2.05, 4.69) is 9.98 Å². The highest BCUT2D eigenvalue weighted by Crippen LogP contribution is 2.30. The summed E-state index contributed by atoms with van der Waals surface area (Å²) in [5, 5.41) is 7.53. The molecule has 0 saturated heterocycles. The molecule has 29 heavy (non-hydrogen) atoms. The molecular formula is C21H11Cl2N3OS2. The summed E-state index contributed by atoms with van der Waals surface area (Å²) in [5.74, 6) is 0. The first kappa shape index (κ1) is 18.5. The van der Waals surface area contributed by atoms with E-state index in [1.54, 1.807) is 12.3 Å². The predicted molar refractivity (Wildman–Crippen MR) is 120 cm³/mol. The Bertz CT molecular complexity index is 1370. The smallest absolute Gasteiger partial charge is 0.232 e. The van der Waals surface area contributed by atoms with Gasteiger partial charge in [-0.1, -0.05) is 35.3 Å². The van der Waals surface area contributed by atoms with Crippen molar-refractivity contribution in [2.24, 2.45) is 4.99 Å². The van der Waals surface area contributed by atoms with Gasteiger partial charge in [-0.05, 0) is 36.4 Å². The molecule has 3 aromatic heterocycles. The maximum atomic E-state index is 6.17. The van der Waals surface area contributed by atoms with Crippen LogP contribution in [0.3, 0.4) is 0 Å². The molecule has 0 unspecified atom stereocenters. The van der Waals surface area contributed by atoms with Gasteiger partial charge in [-0.25, -0.2) is 9.97 Å². The number of halogens is 2. The van der Waals surface area contributed by atoms with Crippen LogP contribution in [0.5, 0.6) is 0 Å². The Labute approximate surface area is 183 Å². The van der Waals surface area contributed by atoms with Crippen LogP contribution in [0.2, 0.25) is 10.0 Å². The fraction of sp³-hybridized carbons (Fsp3) is 0. The van der Waals surface area contributed by atoms with E-state index < -0.39 is 0 Å². The number of benzene rings is 2. The highest BCUT2D eigenvalue weighted by molar-refractivity contribution is 7.13. The molecule has 8 heteroatoms. The Morgan fingerprint density at radius 2 is 1.76 bits per heavy atom. The van der Waals surface area contributed by atoms with Crippen LogP contribution in [0, 0.1) is 0 Å². The zero-order chi connectivity index (χ0) is 19.8. The van der Waals surface area contributed by atoms with Crippen LogP contribution in [0.15, 0.2) is 74.9 Å². The molecule has 0 aliphatic heterocycles. The molecule has 0 aliphatic rings. The molecule has 3 heterocycles. The van der Waals surface area contributed by atoms with Crippen LogP contribution in [-0.4, -0.2) is 9.97 Å². The minimum absolute atomic E-state index is 0.465. The van der Waals surface area contributed by atoms with Crippen molar-refractivity contribution < 1.29 is 4.42 Å². The van der Waals surface area contributed by atoms with E-state index in [0.717, 1.165) is 27.2 Å². The molecular weight excluding hydrogens is 445 g/mol. The van der Waals surface area contributed by atoms with Gasteiger partial charge in [0.25, 0.3) is 0 Å². The van der Waals surface area contributed by atoms with Gasteiger partial charge in [0.2, 0.25) is 10.7 Å². The monoisotopic (exact) mass is 455 g/mol. The van der Waals surface area contributed by atoms with Gasteiger partial charge in [-0.2, -0.15) is 4.99 Å². The second-order valence-electron chi connectivity index (χ2n) is 6.12. The summed E-state index contributed by atoms with van der Waals surface area (Å²) in [6, 6.07) is 15.1. The lowest BCUT2D eigenvalue weighted by Crippen LogP contribution is -2.05. The fourth-order valence-corrected chi connectivity index (χ4v) is 4.49. The van der Waals surface area contributed by atoms with E-state index in [1.165, 1.54) is 22.7 Å². The Kier molecular flexibility index (Phi) is 4.93. The average molecular weight is 456 g/mol. The third-order valence-electron chi connectivity index (χ3n) is 4.20. The Hall–Kier alpha value is -2.51. The van der Waals surface area contributed by atoms with Crippen molar-refractivity contribution in [3.63, 3.8) is 0 Å². The normalized spacial score (nSPS) is 12.0. The number of aromatic nitrogens is 2. The number of thiazole rings is 2. The summed E-state index contributed by atoms with van der Waals surface area (Å²) in [4.78, 5) is 13.6. The van der Waals surface area contributed by atoms with Crippen molar-refractivity contribution in [1.82, 2.24) is 9.97 Å². The van der Waals surface area contributed by atoms with Crippen LogP contribution in [0.4, 0.5) is 5.13 Å². The Morgan fingerprint density at radius 3 is 2.55 bits per heavy atom. The summed E-state index contributed by atoms with van der Waals surface area (Å²) in [5.41, 5.74) is 3.82. The number of hydrogen-bond donors (Lipinski definition) is 0. The van der Waals surface area contributed by atoms with Gasteiger partial charge in [-0.15, -0.1) is 22.7 Å². The van der Waals surface area contributed by atoms with Gasteiger partial charge < -0.3 is 4.42 Å². The summed E-state index contributed by atoms with van der Waals surface area (Å²) in [6.07, 6.45) is 1.71. The van der Waals surface area contributed by atoms with Crippen molar-refractivity contribution in [1.29, 1.82) is 0 Å². The third-order valence-corrected chi connectivity index (χ3v) is 6.23. The van der Waals surface area contributed by atoms with Gasteiger partial charge >= 0.3 is 0 Å². The number of hydrogen-bond acceptors (Lipinski definition) is 6. The van der Waals surface area contributed by atoms with Crippen molar-refractivity contribution in [2.45, 2.75) is 0 Å². The average Bonchev–Trinajstić information content (AvgIpc) is 3.40. The second kappa shape index (κ2) is 7.72. The Balaban J connectivity index is 1.70. The van der Waals surface area contributed by atoms with E-state index >= 15 is 0 Å². The number of nitrogens with zero attached hydrogens (tertiary/aromatic N) is 3. The van der Waals surface area contributed by atoms with Crippen LogP contribution in [0.25, 0.3) is 32.8 Å². The molecule has 4 nitrogen and oxygen atoms in total. The third kappa shape index (κ3) is 3.84. The summed E-state index contributed by atoms with van der Waals surface area (Å²) >= 11 is 15.1. The van der Waals surface area contributed by atoms with Crippen LogP contribution < -0.4 is 5.55 Å². The quantitative estimate of drug-likeness (QED) is 0.288. The minimum atomic E-state index is 0.465. The van der Waals surface area contributed by atoms with Gasteiger partial charge in [0.1, 0.15) is 10.6 Å². The first-order chi connectivity index (χ1) is 14.2. The molecule has 0 aliphatic carbocycles. The summed E-state index contributed by atoms with van der Waals surface area (Å²) in [7, 11) is 0. The molecule has 0 saturated carbocycles. The molecule has 0 amide bonds. The Morgan fingerprint density at radius 1 is 0.931 bits per heavy atom. The van der Waals surface area contributed by atoms with Crippen molar-refractivity contribution >= 4 is 62.0 Å². The van der Waals surface area contributed by atoms with Gasteiger partial charge in [0.05, 0.1) is 11.3 Å². The minimum Gasteiger partial charge on any atom is -0.438 e. The van der Waals surface area contributed by atoms with Crippen molar-refractivity contribution in [3.8, 4) is 21.8 Å². The summed E-state index contributed by atoms with van der Waals surface area (Å²) in [6.45, 7) is 0. The standard InChI is InChI=1S/C21H11Cl2N3OS2/c22-14-3-1-12(2-4-14)17-11-29-20(25-17)16-10-13-9-15(23)5-6-18(13)27-19(16)26-21-24-7-8-28-21/h1-11H/b26-19-. The molecule has 0 N–H and O–H groups in total. The maximum Gasteiger partial charge on any atom is 0.232 e.